The Labute approximate surface area is 376 Å². The molecular formula is C58H35N7O. The van der Waals surface area contributed by atoms with Crippen molar-refractivity contribution in [3.63, 3.8) is 0 Å². The van der Waals surface area contributed by atoms with E-state index in [-0.39, 0.29) is 0 Å². The second-order valence-electron chi connectivity index (χ2n) is 16.6. The van der Waals surface area contributed by atoms with Crippen molar-refractivity contribution in [2.75, 3.05) is 0 Å². The number of hydrogen-bond acceptors (Lipinski definition) is 5. The molecule has 0 bridgehead atoms. The van der Waals surface area contributed by atoms with Gasteiger partial charge in [0.1, 0.15) is 5.52 Å². The standard InChI is InChI=1S/C58H35N7O/c1-3-16-36(17-4-1)37-30-32-38(33-31-37)55-60-57(64-48-26-12-7-20-40(48)41-21-8-13-27-49(41)64)62-58(61-55)65-50-28-14-10-23-43(50)45-35-34-44-42-22-9-11-25-47(42)63(52(44)53(45)65)51-29-15-24-46-54(51)66-56(59-46)39-18-5-2-6-19-39/h1-35H. The molecule has 0 radical (unpaired) electrons. The molecular weight excluding hydrogens is 811 g/mol. The Kier molecular flexibility index (Phi) is 7.81. The molecule has 0 aliphatic heterocycles. The van der Waals surface area contributed by atoms with Gasteiger partial charge in [-0.25, -0.2) is 4.98 Å². The van der Waals surface area contributed by atoms with E-state index in [1.807, 2.05) is 42.5 Å². The third kappa shape index (κ3) is 5.39. The lowest BCUT2D eigenvalue weighted by Crippen LogP contribution is -2.10. The maximum atomic E-state index is 6.75. The van der Waals surface area contributed by atoms with Gasteiger partial charge in [-0.2, -0.15) is 15.0 Å². The fourth-order valence-electron chi connectivity index (χ4n) is 10.0. The number of para-hydroxylation sites is 5. The lowest BCUT2D eigenvalue weighted by molar-refractivity contribution is 0.618. The SMILES string of the molecule is c1ccc(-c2ccc(-c3nc(-n4c5ccccc5c5ccccc54)nc(-n4c5ccccc5c5ccc6c7ccccc7n(-c7cccc8nc(-c9ccccc9)oc78)c6c54)n3)cc2)cc1. The van der Waals surface area contributed by atoms with E-state index in [4.69, 9.17) is 24.4 Å². The van der Waals surface area contributed by atoms with Crippen LogP contribution in [0.5, 0.6) is 0 Å². The van der Waals surface area contributed by atoms with Crippen LogP contribution in [0.2, 0.25) is 0 Å². The van der Waals surface area contributed by atoms with Gasteiger partial charge in [0.2, 0.25) is 17.8 Å². The van der Waals surface area contributed by atoms with Crippen LogP contribution in [0.15, 0.2) is 217 Å². The van der Waals surface area contributed by atoms with Gasteiger partial charge >= 0.3 is 0 Å². The highest BCUT2D eigenvalue weighted by molar-refractivity contribution is 6.24. The first kappa shape index (κ1) is 36.4. The first-order valence-corrected chi connectivity index (χ1v) is 22.1. The smallest absolute Gasteiger partial charge is 0.240 e. The molecule has 8 heteroatoms. The lowest BCUT2D eigenvalue weighted by atomic mass is 10.0. The summed E-state index contributed by atoms with van der Waals surface area (Å²) < 4.78 is 13.5. The number of hydrogen-bond donors (Lipinski definition) is 0. The summed E-state index contributed by atoms with van der Waals surface area (Å²) in [4.78, 5) is 21.3. The van der Waals surface area contributed by atoms with Crippen LogP contribution in [0.3, 0.4) is 0 Å². The highest BCUT2D eigenvalue weighted by Gasteiger charge is 2.26. The molecule has 9 aromatic carbocycles. The molecule has 8 nitrogen and oxygen atoms in total. The van der Waals surface area contributed by atoms with Gasteiger partial charge < -0.3 is 8.98 Å². The minimum absolute atomic E-state index is 0.503. The average Bonchev–Trinajstić information content (AvgIpc) is 4.15. The van der Waals surface area contributed by atoms with Crippen LogP contribution in [-0.2, 0) is 0 Å². The summed E-state index contributed by atoms with van der Waals surface area (Å²) in [5, 5.41) is 6.63. The summed E-state index contributed by atoms with van der Waals surface area (Å²) in [6, 6.07) is 73.8. The minimum atomic E-state index is 0.503. The van der Waals surface area contributed by atoms with Crippen LogP contribution >= 0.6 is 0 Å². The van der Waals surface area contributed by atoms with Crippen molar-refractivity contribution in [1.29, 1.82) is 0 Å². The number of fused-ring (bicyclic) bond motifs is 11. The maximum absolute atomic E-state index is 6.75. The maximum Gasteiger partial charge on any atom is 0.240 e. The van der Waals surface area contributed by atoms with Crippen molar-refractivity contribution in [2.45, 2.75) is 0 Å². The Bertz CT molecular complexity index is 4170. The van der Waals surface area contributed by atoms with Crippen LogP contribution < -0.4 is 0 Å². The van der Waals surface area contributed by atoms with E-state index in [9.17, 15) is 0 Å². The van der Waals surface area contributed by atoms with E-state index in [0.29, 0.717) is 29.2 Å². The number of nitrogens with zero attached hydrogens (tertiary/aromatic N) is 7. The molecule has 14 rings (SSSR count). The molecule has 0 fully saturated rings. The van der Waals surface area contributed by atoms with Crippen LogP contribution in [-0.4, -0.2) is 33.6 Å². The molecule has 66 heavy (non-hydrogen) atoms. The average molecular weight is 846 g/mol. The Morgan fingerprint density at radius 2 is 0.758 bits per heavy atom. The topological polar surface area (TPSA) is 79.5 Å². The van der Waals surface area contributed by atoms with E-state index in [0.717, 1.165) is 98.9 Å². The van der Waals surface area contributed by atoms with Crippen molar-refractivity contribution >= 4 is 76.5 Å². The second kappa shape index (κ2) is 14.2. The Balaban J connectivity index is 1.10. The molecule has 0 saturated carbocycles. The van der Waals surface area contributed by atoms with Crippen LogP contribution in [0.4, 0.5) is 0 Å². The summed E-state index contributed by atoms with van der Waals surface area (Å²) in [5.41, 5.74) is 12.5. The van der Waals surface area contributed by atoms with Gasteiger partial charge in [0.25, 0.3) is 0 Å². The number of oxazole rings is 1. The predicted octanol–water partition coefficient (Wildman–Crippen LogP) is 14.3. The van der Waals surface area contributed by atoms with Gasteiger partial charge in [0.05, 0.1) is 38.8 Å². The van der Waals surface area contributed by atoms with Crippen molar-refractivity contribution < 1.29 is 4.42 Å². The quantitative estimate of drug-likeness (QED) is 0.167. The largest absolute Gasteiger partial charge is 0.434 e. The number of aromatic nitrogens is 7. The molecule has 0 unspecified atom stereocenters. The second-order valence-corrected chi connectivity index (χ2v) is 16.6. The zero-order valence-electron chi connectivity index (χ0n) is 35.2. The lowest BCUT2D eigenvalue weighted by Gasteiger charge is -2.14. The highest BCUT2D eigenvalue weighted by Crippen LogP contribution is 2.43. The van der Waals surface area contributed by atoms with Crippen molar-refractivity contribution in [2.24, 2.45) is 0 Å². The molecule has 0 aliphatic rings. The van der Waals surface area contributed by atoms with Crippen molar-refractivity contribution in [3.05, 3.63) is 212 Å². The van der Waals surface area contributed by atoms with Gasteiger partial charge in [-0.3, -0.25) is 9.13 Å². The summed E-state index contributed by atoms with van der Waals surface area (Å²) in [6.45, 7) is 0. The predicted molar refractivity (Wildman–Crippen MR) is 267 cm³/mol. The Morgan fingerprint density at radius 3 is 1.36 bits per heavy atom. The van der Waals surface area contributed by atoms with Gasteiger partial charge in [-0.15, -0.1) is 0 Å². The molecule has 0 aliphatic carbocycles. The fraction of sp³-hybridized carbons (Fsp3) is 0. The number of benzene rings is 9. The monoisotopic (exact) mass is 845 g/mol. The normalized spacial score (nSPS) is 11.9. The molecule has 308 valence electrons. The minimum Gasteiger partial charge on any atom is -0.434 e. The molecule has 0 saturated heterocycles. The van der Waals surface area contributed by atoms with Crippen LogP contribution in [0, 0.1) is 0 Å². The zero-order valence-corrected chi connectivity index (χ0v) is 35.2. The van der Waals surface area contributed by atoms with Crippen molar-refractivity contribution in [1.82, 2.24) is 33.6 Å². The highest BCUT2D eigenvalue weighted by atomic mass is 16.3. The fourth-order valence-corrected chi connectivity index (χ4v) is 10.0. The van der Waals surface area contributed by atoms with Gasteiger partial charge in [0.15, 0.2) is 11.4 Å². The van der Waals surface area contributed by atoms with E-state index >= 15 is 0 Å². The summed E-state index contributed by atoms with van der Waals surface area (Å²) in [5.74, 6) is 2.17. The first-order chi connectivity index (χ1) is 32.7. The summed E-state index contributed by atoms with van der Waals surface area (Å²) in [6.07, 6.45) is 0. The number of rotatable bonds is 6. The van der Waals surface area contributed by atoms with Gasteiger partial charge in [-0.1, -0.05) is 164 Å². The van der Waals surface area contributed by atoms with Gasteiger partial charge in [-0.05, 0) is 59.7 Å². The third-order valence-electron chi connectivity index (χ3n) is 13.0. The molecule has 5 aromatic heterocycles. The van der Waals surface area contributed by atoms with Gasteiger partial charge in [0, 0.05) is 43.4 Å². The molecule has 0 spiro atoms. The molecule has 0 amide bonds. The van der Waals surface area contributed by atoms with Crippen LogP contribution in [0.25, 0.3) is 128 Å². The molecule has 0 N–H and O–H groups in total. The Morgan fingerprint density at radius 1 is 0.303 bits per heavy atom. The Hall–Kier alpha value is -9.14. The first-order valence-electron chi connectivity index (χ1n) is 22.1. The van der Waals surface area contributed by atoms with E-state index < -0.39 is 0 Å². The van der Waals surface area contributed by atoms with E-state index in [1.54, 1.807) is 0 Å². The van der Waals surface area contributed by atoms with Crippen molar-refractivity contribution in [3.8, 4) is 51.6 Å². The molecule has 14 aromatic rings. The van der Waals surface area contributed by atoms with E-state index in [2.05, 4.69) is 184 Å². The summed E-state index contributed by atoms with van der Waals surface area (Å²) >= 11 is 0. The molecule has 5 heterocycles. The van der Waals surface area contributed by atoms with E-state index in [1.165, 1.54) is 0 Å². The molecule has 0 atom stereocenters. The zero-order chi connectivity index (χ0) is 43.3. The third-order valence-corrected chi connectivity index (χ3v) is 13.0. The summed E-state index contributed by atoms with van der Waals surface area (Å²) in [7, 11) is 0. The van der Waals surface area contributed by atoms with Crippen LogP contribution in [0.1, 0.15) is 0 Å².